The maximum atomic E-state index is 4.45. The van der Waals surface area contributed by atoms with Gasteiger partial charge in [0.25, 0.3) is 0 Å². The first-order valence-corrected chi connectivity index (χ1v) is 7.24. The lowest BCUT2D eigenvalue weighted by Gasteiger charge is -2.17. The highest BCUT2D eigenvalue weighted by Crippen LogP contribution is 2.13. The van der Waals surface area contributed by atoms with Crippen molar-refractivity contribution in [3.63, 3.8) is 0 Å². The van der Waals surface area contributed by atoms with Crippen molar-refractivity contribution >= 4 is 11.0 Å². The molecule has 2 heterocycles. The van der Waals surface area contributed by atoms with Gasteiger partial charge in [-0.3, -0.25) is 4.68 Å². The van der Waals surface area contributed by atoms with E-state index >= 15 is 0 Å². The van der Waals surface area contributed by atoms with Crippen LogP contribution in [0, 0.1) is 6.92 Å². The van der Waals surface area contributed by atoms with Gasteiger partial charge >= 0.3 is 0 Å². The van der Waals surface area contributed by atoms with Crippen LogP contribution in [0.2, 0.25) is 0 Å². The summed E-state index contributed by atoms with van der Waals surface area (Å²) in [5, 5.41) is 7.82. The smallest absolute Gasteiger partial charge is 0.0958 e. The minimum absolute atomic E-state index is 0.345. The first kappa shape index (κ1) is 13.8. The molecule has 3 rings (SSSR count). The summed E-state index contributed by atoms with van der Waals surface area (Å²) in [6, 6.07) is 10.7. The maximum Gasteiger partial charge on any atom is 0.0958 e. The molecule has 0 amide bonds. The van der Waals surface area contributed by atoms with Crippen molar-refractivity contribution in [1.82, 2.24) is 24.6 Å². The fraction of sp³-hybridized carbons (Fsp3) is 0.375. The average Bonchev–Trinajstić information content (AvgIpc) is 3.02. The molecule has 0 fully saturated rings. The first-order valence-electron chi connectivity index (χ1n) is 7.24. The molecule has 1 atom stereocenters. The molecule has 0 aliphatic carbocycles. The summed E-state index contributed by atoms with van der Waals surface area (Å²) in [4.78, 5) is 4.45. The van der Waals surface area contributed by atoms with Crippen molar-refractivity contribution in [3.8, 4) is 0 Å². The Morgan fingerprint density at radius 3 is 2.81 bits per heavy atom. The Balaban J connectivity index is 1.79. The molecule has 1 aromatic carbocycles. The number of hydrogen-bond donors (Lipinski definition) is 1. The number of nitrogens with one attached hydrogen (secondary N) is 1. The molecule has 0 aliphatic heterocycles. The molecule has 21 heavy (non-hydrogen) atoms. The summed E-state index contributed by atoms with van der Waals surface area (Å²) in [7, 11) is 4.01. The molecule has 2 aromatic heterocycles. The van der Waals surface area contributed by atoms with Gasteiger partial charge in [-0.25, -0.2) is 4.98 Å². The van der Waals surface area contributed by atoms with Crippen LogP contribution in [0.15, 0.2) is 36.7 Å². The van der Waals surface area contributed by atoms with Crippen LogP contribution in [0.1, 0.15) is 11.4 Å². The van der Waals surface area contributed by atoms with Gasteiger partial charge in [-0.1, -0.05) is 12.1 Å². The number of aryl methyl sites for hydroxylation is 2. The van der Waals surface area contributed by atoms with Crippen LogP contribution in [-0.2, 0) is 20.0 Å². The van der Waals surface area contributed by atoms with Gasteiger partial charge in [-0.05, 0) is 32.2 Å². The second kappa shape index (κ2) is 5.69. The number of imidazole rings is 1. The molecule has 0 saturated carbocycles. The van der Waals surface area contributed by atoms with Gasteiger partial charge in [0.2, 0.25) is 0 Å². The number of likely N-dealkylation sites (N-methyl/N-ethyl adjacent to an activating group) is 1. The van der Waals surface area contributed by atoms with Crippen molar-refractivity contribution in [3.05, 3.63) is 48.0 Å². The molecule has 110 valence electrons. The second-order valence-corrected chi connectivity index (χ2v) is 5.48. The van der Waals surface area contributed by atoms with Crippen LogP contribution < -0.4 is 5.32 Å². The molecule has 0 bridgehead atoms. The monoisotopic (exact) mass is 283 g/mol. The van der Waals surface area contributed by atoms with E-state index in [0.717, 1.165) is 24.2 Å². The van der Waals surface area contributed by atoms with Gasteiger partial charge < -0.3 is 9.88 Å². The number of nitrogens with zero attached hydrogens (tertiary/aromatic N) is 4. The van der Waals surface area contributed by atoms with Gasteiger partial charge in [-0.15, -0.1) is 0 Å². The summed E-state index contributed by atoms with van der Waals surface area (Å²) in [5.41, 5.74) is 4.54. The standard InChI is InChI=1S/C16H21N5/c1-12-8-14(20(3)19-12)9-13(17-2)10-21-11-18-15-6-4-5-7-16(15)21/h4-8,11,13,17H,9-10H2,1-3H3. The molecule has 3 aromatic rings. The topological polar surface area (TPSA) is 47.7 Å². The SMILES string of the molecule is CNC(Cc1cc(C)nn1C)Cn1cnc2ccccc21. The molecule has 1 unspecified atom stereocenters. The Hall–Kier alpha value is -2.14. The van der Waals surface area contributed by atoms with Crippen molar-refractivity contribution in [2.75, 3.05) is 7.05 Å². The van der Waals surface area contributed by atoms with E-state index in [-0.39, 0.29) is 0 Å². The van der Waals surface area contributed by atoms with E-state index < -0.39 is 0 Å². The number of hydrogen-bond acceptors (Lipinski definition) is 3. The molecular formula is C16H21N5. The van der Waals surface area contributed by atoms with Crippen molar-refractivity contribution in [2.24, 2.45) is 7.05 Å². The zero-order valence-electron chi connectivity index (χ0n) is 12.7. The first-order chi connectivity index (χ1) is 10.2. The summed E-state index contributed by atoms with van der Waals surface area (Å²) in [6.07, 6.45) is 2.86. The predicted molar refractivity (Wildman–Crippen MR) is 84.2 cm³/mol. The third-order valence-corrected chi connectivity index (χ3v) is 3.91. The Kier molecular flexibility index (Phi) is 3.75. The normalized spacial score (nSPS) is 12.9. The van der Waals surface area contributed by atoms with E-state index in [4.69, 9.17) is 0 Å². The fourth-order valence-corrected chi connectivity index (χ4v) is 2.76. The van der Waals surface area contributed by atoms with Crippen molar-refractivity contribution in [1.29, 1.82) is 0 Å². The molecule has 5 nitrogen and oxygen atoms in total. The fourth-order valence-electron chi connectivity index (χ4n) is 2.76. The highest BCUT2D eigenvalue weighted by molar-refractivity contribution is 5.74. The lowest BCUT2D eigenvalue weighted by atomic mass is 10.1. The van der Waals surface area contributed by atoms with E-state index in [1.807, 2.05) is 44.2 Å². The van der Waals surface area contributed by atoms with Gasteiger partial charge in [0.15, 0.2) is 0 Å². The van der Waals surface area contributed by atoms with Crippen LogP contribution in [0.3, 0.4) is 0 Å². The molecule has 0 aliphatic rings. The van der Waals surface area contributed by atoms with E-state index in [0.29, 0.717) is 6.04 Å². The van der Waals surface area contributed by atoms with E-state index in [1.165, 1.54) is 11.2 Å². The number of aromatic nitrogens is 4. The van der Waals surface area contributed by atoms with E-state index in [2.05, 4.69) is 38.2 Å². The van der Waals surface area contributed by atoms with E-state index in [9.17, 15) is 0 Å². The highest BCUT2D eigenvalue weighted by Gasteiger charge is 2.13. The van der Waals surface area contributed by atoms with Crippen molar-refractivity contribution in [2.45, 2.75) is 25.9 Å². The predicted octanol–water partition coefficient (Wildman–Crippen LogP) is 1.91. The Bertz CT molecular complexity index is 740. The van der Waals surface area contributed by atoms with Gasteiger partial charge in [0.1, 0.15) is 0 Å². The van der Waals surface area contributed by atoms with Crippen LogP contribution >= 0.6 is 0 Å². The second-order valence-electron chi connectivity index (χ2n) is 5.48. The third-order valence-electron chi connectivity index (χ3n) is 3.91. The minimum atomic E-state index is 0.345. The zero-order chi connectivity index (χ0) is 14.8. The minimum Gasteiger partial charge on any atom is -0.329 e. The summed E-state index contributed by atoms with van der Waals surface area (Å²) >= 11 is 0. The molecular weight excluding hydrogens is 262 g/mol. The van der Waals surface area contributed by atoms with Crippen LogP contribution in [-0.4, -0.2) is 32.4 Å². The average molecular weight is 283 g/mol. The lowest BCUT2D eigenvalue weighted by Crippen LogP contribution is -2.32. The third kappa shape index (κ3) is 2.83. The van der Waals surface area contributed by atoms with Crippen molar-refractivity contribution < 1.29 is 0 Å². The summed E-state index contributed by atoms with van der Waals surface area (Å²) in [5.74, 6) is 0. The maximum absolute atomic E-state index is 4.45. The number of fused-ring (bicyclic) bond motifs is 1. The van der Waals surface area contributed by atoms with Gasteiger partial charge in [0.05, 0.1) is 23.1 Å². The van der Waals surface area contributed by atoms with Gasteiger partial charge in [0, 0.05) is 31.7 Å². The van der Waals surface area contributed by atoms with E-state index in [1.54, 1.807) is 0 Å². The molecule has 0 radical (unpaired) electrons. The number of para-hydroxylation sites is 2. The quantitative estimate of drug-likeness (QED) is 0.778. The molecule has 0 saturated heterocycles. The Labute approximate surface area is 124 Å². The number of benzene rings is 1. The van der Waals surface area contributed by atoms with Crippen LogP contribution in [0.25, 0.3) is 11.0 Å². The van der Waals surface area contributed by atoms with Crippen LogP contribution in [0.4, 0.5) is 0 Å². The zero-order valence-corrected chi connectivity index (χ0v) is 12.7. The molecule has 1 N–H and O–H groups in total. The molecule has 0 spiro atoms. The lowest BCUT2D eigenvalue weighted by molar-refractivity contribution is 0.472. The molecule has 5 heteroatoms. The Morgan fingerprint density at radius 2 is 2.10 bits per heavy atom. The largest absolute Gasteiger partial charge is 0.329 e. The number of rotatable bonds is 5. The summed E-state index contributed by atoms with van der Waals surface area (Å²) in [6.45, 7) is 2.92. The summed E-state index contributed by atoms with van der Waals surface area (Å²) < 4.78 is 4.17. The highest BCUT2D eigenvalue weighted by atomic mass is 15.3. The van der Waals surface area contributed by atoms with Gasteiger partial charge in [-0.2, -0.15) is 5.10 Å². The Morgan fingerprint density at radius 1 is 1.29 bits per heavy atom. The van der Waals surface area contributed by atoms with Crippen LogP contribution in [0.5, 0.6) is 0 Å².